The largest absolute Gasteiger partial charge is 0.481 e. The van der Waals surface area contributed by atoms with E-state index in [1.807, 2.05) is 6.92 Å². The summed E-state index contributed by atoms with van der Waals surface area (Å²) in [5.41, 5.74) is 5.51. The lowest BCUT2D eigenvalue weighted by atomic mass is 9.93. The third-order valence-electron chi connectivity index (χ3n) is 12.7. The van der Waals surface area contributed by atoms with Gasteiger partial charge in [-0.25, -0.2) is 46.5 Å². The van der Waals surface area contributed by atoms with Crippen molar-refractivity contribution in [2.24, 2.45) is 5.73 Å². The minimum atomic E-state index is -4.46. The standard InChI is InChI=1S/C21H23ClFNO5.C15H16F3N5O4S.C15H18N6O6S.C5H12NO4P/c1-2-3-6-9-28-19(25)12-29-18-11-17(16(23)10-15(18)22)24-20(26)13-7-4-5-8-14(13)21(24)27;1-9-19-12(22-14(20-9)27-2)21-13(24)23-28(25,26)11-6-4-3-5-10(11)7-8-15(16,17)18;1-21(2)13(22)9-6-5-7-16-12(9)28(24,25)20-15(23)19-14-17-10(26-3)8-11(18-14)27-4;1-11(9,10)3-2-4(6)5(7)8/h10-11H,2-9,12H2,1H3;3-6H,7-8H2,1-2H3,(H2,19,20,21,22,23,24);5-8H,1-4H3,(H2,17,18,19,20,23);4H,2-3,6H2,1H3,(H,7,8)(H,9,10). The van der Waals surface area contributed by atoms with E-state index in [-0.39, 0.29) is 75.7 Å². The lowest BCUT2D eigenvalue weighted by Gasteiger charge is -2.18. The zero-order chi connectivity index (χ0) is 71.9. The van der Waals surface area contributed by atoms with Gasteiger partial charge in [0.1, 0.15) is 23.4 Å². The zero-order valence-corrected chi connectivity index (χ0v) is 56.0. The maximum atomic E-state index is 14.5. The van der Waals surface area contributed by atoms with E-state index in [1.165, 1.54) is 103 Å². The van der Waals surface area contributed by atoms with E-state index in [0.717, 1.165) is 49.1 Å². The van der Waals surface area contributed by atoms with E-state index in [4.69, 9.17) is 51.0 Å². The van der Waals surface area contributed by atoms with Gasteiger partial charge in [-0.15, -0.1) is 0 Å². The van der Waals surface area contributed by atoms with E-state index >= 15 is 0 Å². The highest BCUT2D eigenvalue weighted by atomic mass is 35.5. The molecular formula is C56H69ClF4N13O19PS2. The quantitative estimate of drug-likeness (QED) is 0.0117. The van der Waals surface area contributed by atoms with Crippen LogP contribution >= 0.6 is 19.0 Å². The van der Waals surface area contributed by atoms with Crippen molar-refractivity contribution in [2.75, 3.05) is 77.0 Å². The first-order valence-electron chi connectivity index (χ1n) is 28.3. The van der Waals surface area contributed by atoms with Gasteiger partial charge in [-0.3, -0.25) is 34.4 Å². The summed E-state index contributed by atoms with van der Waals surface area (Å²) in [5, 5.41) is 11.9. The Labute approximate surface area is 552 Å². The fraction of sp³-hybridized carbons (Fsp3) is 0.411. The van der Waals surface area contributed by atoms with Gasteiger partial charge in [-0.05, 0) is 81.7 Å². The molecule has 5 aromatic rings. The number of nitrogens with two attached hydrogens (primary N) is 1. The van der Waals surface area contributed by atoms with Crippen molar-refractivity contribution in [1.29, 1.82) is 0 Å². The highest BCUT2D eigenvalue weighted by molar-refractivity contribution is 7.90. The van der Waals surface area contributed by atoms with Gasteiger partial charge in [0.15, 0.2) is 19.0 Å². The van der Waals surface area contributed by atoms with Crippen molar-refractivity contribution < 1.29 is 106 Å². The molecule has 4 heterocycles. The number of unbranched alkanes of at least 4 members (excludes halogenated alkanes) is 2. The molecule has 0 fully saturated rings. The number of aliphatic carboxylic acids is 1. The number of ether oxygens (including phenoxy) is 5. The fourth-order valence-corrected chi connectivity index (χ4v) is 11.3. The van der Waals surface area contributed by atoms with Crippen LogP contribution in [-0.4, -0.2) is 177 Å². The number of anilines is 3. The number of pyridine rings is 1. The zero-order valence-electron chi connectivity index (χ0n) is 52.7. The van der Waals surface area contributed by atoms with Crippen LogP contribution in [0.2, 0.25) is 5.02 Å². The highest BCUT2D eigenvalue weighted by Crippen LogP contribution is 2.40. The maximum absolute atomic E-state index is 14.5. The molecule has 0 bridgehead atoms. The van der Waals surface area contributed by atoms with Gasteiger partial charge in [0.2, 0.25) is 23.7 Å². The van der Waals surface area contributed by atoms with Crippen LogP contribution in [0, 0.1) is 12.7 Å². The smallest absolute Gasteiger partial charge is 0.389 e. The molecule has 2 unspecified atom stereocenters. The van der Waals surface area contributed by atoms with Crippen LogP contribution in [0.4, 0.5) is 44.7 Å². The number of sulfonamides is 2. The first kappa shape index (κ1) is 79.2. The van der Waals surface area contributed by atoms with Gasteiger partial charge in [0, 0.05) is 56.8 Å². The summed E-state index contributed by atoms with van der Waals surface area (Å²) < 4.78 is 141. The summed E-state index contributed by atoms with van der Waals surface area (Å²) in [7, 11) is -5.09. The number of rotatable bonds is 24. The van der Waals surface area contributed by atoms with E-state index < -0.39 is 117 Å². The van der Waals surface area contributed by atoms with Crippen LogP contribution in [0.15, 0.2) is 81.9 Å². The molecule has 40 heteroatoms. The third-order valence-corrected chi connectivity index (χ3v) is 16.8. The molecule has 32 nitrogen and oxygen atoms in total. The molecule has 7 rings (SSSR count). The van der Waals surface area contributed by atoms with E-state index in [9.17, 15) is 72.5 Å². The van der Waals surface area contributed by atoms with Crippen LogP contribution in [-0.2, 0) is 54.9 Å². The van der Waals surface area contributed by atoms with Gasteiger partial charge in [0.05, 0.1) is 55.2 Å². The SMILES string of the molecule is CCCCCOC(=O)COc1cc(N2C(=O)C3=C(CCCC3)C2=O)c(F)cc1Cl.COc1cc(OC)nc(NC(=O)NS(=O)(=O)c2ncccc2C(=O)N(C)C)n1.COc1nc(C)nc(NC(=O)NS(=O)(=O)c2ccccc2CCC(F)(F)F)n1.CP(=O)(O)CCC(N)C(=O)O. The minimum absolute atomic E-state index is 0.000883. The Morgan fingerprint density at radius 2 is 1.42 bits per heavy atom. The van der Waals surface area contributed by atoms with Crippen LogP contribution < -0.4 is 49.7 Å². The third kappa shape index (κ3) is 24.8. The number of amides is 7. The molecule has 2 aromatic carbocycles. The molecule has 0 radical (unpaired) electrons. The molecule has 1 aliphatic carbocycles. The number of hydrogen-bond donors (Lipinski definition) is 7. The summed E-state index contributed by atoms with van der Waals surface area (Å²) >= 11 is 6.02. The molecule has 7 amide bonds. The van der Waals surface area contributed by atoms with Crippen molar-refractivity contribution >= 4 is 98.3 Å². The number of carbonyl (C=O) groups excluding carboxylic acids is 6. The molecule has 1 aliphatic heterocycles. The van der Waals surface area contributed by atoms with Gasteiger partial charge in [-0.1, -0.05) is 49.6 Å². The number of nitrogens with zero attached hydrogens (tertiary/aromatic N) is 8. The Bertz CT molecular complexity index is 3920. The minimum Gasteiger partial charge on any atom is -0.481 e. The number of urea groups is 2. The second kappa shape index (κ2) is 36.0. The molecular weight excluding hydrogens is 1370 g/mol. The van der Waals surface area contributed by atoms with Gasteiger partial charge < -0.3 is 44.3 Å². The first-order chi connectivity index (χ1) is 44.9. The number of esters is 1. The summed E-state index contributed by atoms with van der Waals surface area (Å²) in [4.78, 5) is 117. The molecule has 8 N–H and O–H groups in total. The molecule has 96 heavy (non-hydrogen) atoms. The van der Waals surface area contributed by atoms with Crippen molar-refractivity contribution in [3.8, 4) is 23.5 Å². The number of carboxylic acid groups (broad SMARTS) is 1. The predicted molar refractivity (Wildman–Crippen MR) is 334 cm³/mol. The second-order valence-electron chi connectivity index (χ2n) is 20.4. The highest BCUT2D eigenvalue weighted by Gasteiger charge is 2.41. The van der Waals surface area contributed by atoms with E-state index in [2.05, 4.69) is 40.5 Å². The number of aromatic nitrogens is 6. The van der Waals surface area contributed by atoms with Gasteiger partial charge >= 0.3 is 36.2 Å². The summed E-state index contributed by atoms with van der Waals surface area (Å²) in [6.45, 7) is 4.61. The number of halogens is 5. The topological polar surface area (TPSA) is 449 Å². The Morgan fingerprint density at radius 3 is 1.96 bits per heavy atom. The number of imide groups is 1. The average Bonchev–Trinajstić information content (AvgIpc) is 1.62. The number of hydrogen-bond acceptors (Lipinski definition) is 24. The van der Waals surface area contributed by atoms with Crippen LogP contribution in [0.25, 0.3) is 0 Å². The first-order valence-corrected chi connectivity index (χ1v) is 34.0. The summed E-state index contributed by atoms with van der Waals surface area (Å²) in [6, 6.07) is 7.83. The molecule has 2 aliphatic rings. The normalized spacial score (nSPS) is 13.6. The predicted octanol–water partition coefficient (Wildman–Crippen LogP) is 6.32. The molecule has 0 saturated heterocycles. The van der Waals surface area contributed by atoms with Crippen LogP contribution in [0.3, 0.4) is 0 Å². The van der Waals surface area contributed by atoms with Crippen LogP contribution in [0.5, 0.6) is 23.5 Å². The van der Waals surface area contributed by atoms with Crippen molar-refractivity contribution in [3.05, 3.63) is 99.7 Å². The molecule has 3 aromatic heterocycles. The van der Waals surface area contributed by atoms with Crippen molar-refractivity contribution in [1.82, 2.24) is 44.2 Å². The van der Waals surface area contributed by atoms with Crippen LogP contribution in [0.1, 0.15) is 86.5 Å². The Morgan fingerprint density at radius 1 is 0.833 bits per heavy atom. The summed E-state index contributed by atoms with van der Waals surface area (Å²) in [6.07, 6.45) is 0.394. The number of alkyl halides is 3. The number of aryl methyl sites for hydroxylation is 2. The van der Waals surface area contributed by atoms with Gasteiger partial charge in [0.25, 0.3) is 37.8 Å². The maximum Gasteiger partial charge on any atom is 0.389 e. The number of nitrogens with one attached hydrogen (secondary N) is 4. The number of carbonyl (C=O) groups is 7. The Balaban J connectivity index is 0.000000284. The molecule has 2 atom stereocenters. The van der Waals surface area contributed by atoms with Crippen molar-refractivity contribution in [3.63, 3.8) is 0 Å². The number of carboxylic acids is 1. The number of methoxy groups -OCH3 is 3. The van der Waals surface area contributed by atoms with E-state index in [0.29, 0.717) is 30.6 Å². The Kier molecular flexibility index (Phi) is 29.7. The molecule has 0 spiro atoms. The van der Waals surface area contributed by atoms with E-state index in [1.54, 1.807) is 9.44 Å². The number of benzene rings is 2. The molecule has 524 valence electrons. The summed E-state index contributed by atoms with van der Waals surface area (Å²) in [5.74, 6) is -4.26. The Hall–Kier alpha value is -9.23. The lowest BCUT2D eigenvalue weighted by molar-refractivity contribution is -0.146. The van der Waals surface area contributed by atoms with Crippen molar-refractivity contribution in [2.45, 2.75) is 100 Å². The molecule has 0 saturated carbocycles. The monoisotopic (exact) mass is 1430 g/mol. The second-order valence-corrected chi connectivity index (χ2v) is 26.6. The average molecular weight is 1430 g/mol. The van der Waals surface area contributed by atoms with Gasteiger partial charge in [-0.2, -0.15) is 46.5 Å². The lowest BCUT2D eigenvalue weighted by Crippen LogP contribution is -2.36. The fourth-order valence-electron chi connectivity index (χ4n) is 8.11.